The van der Waals surface area contributed by atoms with Crippen molar-refractivity contribution < 1.29 is 0 Å². The molecule has 2 rings (SSSR count). The van der Waals surface area contributed by atoms with Gasteiger partial charge in [-0.2, -0.15) is 11.3 Å². The minimum atomic E-state index is 0. The van der Waals surface area contributed by atoms with Crippen LogP contribution in [0.15, 0.2) is 21.8 Å². The van der Waals surface area contributed by atoms with Crippen LogP contribution in [0.2, 0.25) is 0 Å². The third-order valence-electron chi connectivity index (χ3n) is 3.57. The van der Waals surface area contributed by atoms with Crippen molar-refractivity contribution in [2.75, 3.05) is 27.7 Å². The van der Waals surface area contributed by atoms with E-state index in [9.17, 15) is 0 Å². The first-order chi connectivity index (χ1) is 9.20. The minimum absolute atomic E-state index is 0. The Morgan fingerprint density at radius 1 is 1.45 bits per heavy atom. The third kappa shape index (κ3) is 5.57. The van der Waals surface area contributed by atoms with E-state index in [4.69, 9.17) is 0 Å². The standard InChI is InChI=1S/C14H24N4S.HI/c1-15-14(16-8-11-6-7-19-10-11)17-9-13(18(2)3)12-4-5-12;/h6-7,10,12-13H,4-5,8-9H2,1-3H3,(H2,15,16,17);1H. The number of halogens is 1. The molecule has 0 aromatic carbocycles. The van der Waals surface area contributed by atoms with Gasteiger partial charge in [-0.1, -0.05) is 0 Å². The van der Waals surface area contributed by atoms with E-state index in [2.05, 4.69) is 51.4 Å². The predicted octanol–water partition coefficient (Wildman–Crippen LogP) is 2.37. The van der Waals surface area contributed by atoms with Crippen LogP contribution in [0.3, 0.4) is 0 Å². The highest BCUT2D eigenvalue weighted by Gasteiger charge is 2.32. The van der Waals surface area contributed by atoms with Crippen molar-refractivity contribution in [1.82, 2.24) is 15.5 Å². The lowest BCUT2D eigenvalue weighted by molar-refractivity contribution is 0.264. The number of guanidine groups is 1. The normalized spacial score (nSPS) is 16.7. The van der Waals surface area contributed by atoms with Crippen molar-refractivity contribution in [3.8, 4) is 0 Å². The second kappa shape index (κ2) is 8.84. The zero-order valence-electron chi connectivity index (χ0n) is 12.4. The van der Waals surface area contributed by atoms with Gasteiger partial charge >= 0.3 is 0 Å². The van der Waals surface area contributed by atoms with Gasteiger partial charge in [0.2, 0.25) is 0 Å². The van der Waals surface area contributed by atoms with Gasteiger partial charge in [-0.3, -0.25) is 4.99 Å². The van der Waals surface area contributed by atoms with Crippen LogP contribution in [0.5, 0.6) is 0 Å². The van der Waals surface area contributed by atoms with Gasteiger partial charge in [0.25, 0.3) is 0 Å². The second-order valence-electron chi connectivity index (χ2n) is 5.31. The molecule has 1 aromatic rings. The van der Waals surface area contributed by atoms with Gasteiger partial charge in [-0.25, -0.2) is 0 Å². The zero-order valence-corrected chi connectivity index (χ0v) is 15.6. The molecule has 1 heterocycles. The van der Waals surface area contributed by atoms with E-state index in [-0.39, 0.29) is 24.0 Å². The van der Waals surface area contributed by atoms with E-state index in [1.165, 1.54) is 18.4 Å². The molecule has 2 N–H and O–H groups in total. The van der Waals surface area contributed by atoms with Gasteiger partial charge in [-0.05, 0) is 55.2 Å². The highest BCUT2D eigenvalue weighted by atomic mass is 127. The summed E-state index contributed by atoms with van der Waals surface area (Å²) in [6, 6.07) is 2.75. The minimum Gasteiger partial charge on any atom is -0.355 e. The van der Waals surface area contributed by atoms with Crippen molar-refractivity contribution in [3.63, 3.8) is 0 Å². The van der Waals surface area contributed by atoms with Gasteiger partial charge in [0, 0.05) is 26.2 Å². The fraction of sp³-hybridized carbons (Fsp3) is 0.643. The number of nitrogens with one attached hydrogen (secondary N) is 2. The summed E-state index contributed by atoms with van der Waals surface area (Å²) < 4.78 is 0. The fourth-order valence-electron chi connectivity index (χ4n) is 2.25. The summed E-state index contributed by atoms with van der Waals surface area (Å²) in [4.78, 5) is 6.59. The van der Waals surface area contributed by atoms with Crippen LogP contribution in [0.4, 0.5) is 0 Å². The first-order valence-corrected chi connectivity index (χ1v) is 7.77. The lowest BCUT2D eigenvalue weighted by Crippen LogP contribution is -2.45. The summed E-state index contributed by atoms with van der Waals surface area (Å²) in [7, 11) is 6.14. The number of thiophene rings is 1. The number of hydrogen-bond acceptors (Lipinski definition) is 3. The molecule has 114 valence electrons. The van der Waals surface area contributed by atoms with Crippen molar-refractivity contribution in [1.29, 1.82) is 0 Å². The van der Waals surface area contributed by atoms with Crippen LogP contribution in [0.1, 0.15) is 18.4 Å². The second-order valence-corrected chi connectivity index (χ2v) is 6.09. The molecule has 0 radical (unpaired) electrons. The number of hydrogen-bond donors (Lipinski definition) is 2. The maximum atomic E-state index is 4.28. The smallest absolute Gasteiger partial charge is 0.191 e. The summed E-state index contributed by atoms with van der Waals surface area (Å²) in [6.45, 7) is 1.79. The summed E-state index contributed by atoms with van der Waals surface area (Å²) >= 11 is 1.73. The lowest BCUT2D eigenvalue weighted by Gasteiger charge is -2.25. The van der Waals surface area contributed by atoms with Gasteiger partial charge in [0.1, 0.15) is 0 Å². The molecule has 0 bridgehead atoms. The highest BCUT2D eigenvalue weighted by Crippen LogP contribution is 2.34. The molecule has 1 aliphatic rings. The van der Waals surface area contributed by atoms with E-state index in [1.807, 2.05) is 7.05 Å². The molecule has 4 nitrogen and oxygen atoms in total. The van der Waals surface area contributed by atoms with Crippen molar-refractivity contribution >= 4 is 41.3 Å². The van der Waals surface area contributed by atoms with Crippen LogP contribution in [-0.2, 0) is 6.54 Å². The number of nitrogens with zero attached hydrogens (tertiary/aromatic N) is 2. The van der Waals surface area contributed by atoms with Gasteiger partial charge in [0.15, 0.2) is 5.96 Å². The number of rotatable bonds is 6. The number of aliphatic imine (C=N–C) groups is 1. The Balaban J connectivity index is 0.00000200. The predicted molar refractivity (Wildman–Crippen MR) is 98.1 cm³/mol. The third-order valence-corrected chi connectivity index (χ3v) is 4.30. The van der Waals surface area contributed by atoms with Gasteiger partial charge in [-0.15, -0.1) is 24.0 Å². The molecule has 0 saturated heterocycles. The maximum absolute atomic E-state index is 4.28. The van der Waals surface area contributed by atoms with Crippen LogP contribution < -0.4 is 10.6 Å². The number of likely N-dealkylation sites (N-methyl/N-ethyl adjacent to an activating group) is 1. The summed E-state index contributed by atoms with van der Waals surface area (Å²) in [5, 5.41) is 11.0. The Morgan fingerprint density at radius 3 is 2.70 bits per heavy atom. The van der Waals surface area contributed by atoms with E-state index in [0.29, 0.717) is 6.04 Å². The Bertz CT molecular complexity index is 399. The van der Waals surface area contributed by atoms with Crippen molar-refractivity contribution in [2.45, 2.75) is 25.4 Å². The molecule has 1 fully saturated rings. The van der Waals surface area contributed by atoms with E-state index in [0.717, 1.165) is 25.0 Å². The molecule has 1 unspecified atom stereocenters. The van der Waals surface area contributed by atoms with Crippen LogP contribution in [-0.4, -0.2) is 44.6 Å². The summed E-state index contributed by atoms with van der Waals surface area (Å²) in [6.07, 6.45) is 2.73. The van der Waals surface area contributed by atoms with Crippen molar-refractivity contribution in [2.24, 2.45) is 10.9 Å². The SMILES string of the molecule is CN=C(NCc1ccsc1)NCC(C1CC1)N(C)C.I. The molecule has 1 aliphatic carbocycles. The molecular formula is C14H25IN4S. The molecule has 1 saturated carbocycles. The first kappa shape index (κ1) is 17.7. The topological polar surface area (TPSA) is 39.7 Å². The molecule has 1 aromatic heterocycles. The van der Waals surface area contributed by atoms with Crippen LogP contribution >= 0.6 is 35.3 Å². The lowest BCUT2D eigenvalue weighted by atomic mass is 10.1. The Labute approximate surface area is 143 Å². The molecule has 1 atom stereocenters. The molecule has 0 spiro atoms. The zero-order chi connectivity index (χ0) is 13.7. The van der Waals surface area contributed by atoms with Crippen LogP contribution in [0.25, 0.3) is 0 Å². The van der Waals surface area contributed by atoms with Gasteiger partial charge < -0.3 is 15.5 Å². The Hall–Kier alpha value is -0.340. The van der Waals surface area contributed by atoms with Crippen LogP contribution in [0, 0.1) is 5.92 Å². The molecule has 20 heavy (non-hydrogen) atoms. The average Bonchev–Trinajstić information content (AvgIpc) is 3.08. The summed E-state index contributed by atoms with van der Waals surface area (Å²) in [5.74, 6) is 1.75. The van der Waals surface area contributed by atoms with Gasteiger partial charge in [0.05, 0.1) is 0 Å². The van der Waals surface area contributed by atoms with E-state index in [1.54, 1.807) is 11.3 Å². The maximum Gasteiger partial charge on any atom is 0.191 e. The molecule has 6 heteroatoms. The molecular weight excluding hydrogens is 383 g/mol. The van der Waals surface area contributed by atoms with E-state index >= 15 is 0 Å². The monoisotopic (exact) mass is 408 g/mol. The first-order valence-electron chi connectivity index (χ1n) is 6.82. The Kier molecular flexibility index (Phi) is 7.83. The molecule has 0 amide bonds. The average molecular weight is 408 g/mol. The Morgan fingerprint density at radius 2 is 2.20 bits per heavy atom. The fourth-order valence-corrected chi connectivity index (χ4v) is 2.92. The summed E-state index contributed by atoms with van der Waals surface area (Å²) in [5.41, 5.74) is 1.30. The van der Waals surface area contributed by atoms with E-state index < -0.39 is 0 Å². The van der Waals surface area contributed by atoms with Crippen molar-refractivity contribution in [3.05, 3.63) is 22.4 Å². The quantitative estimate of drug-likeness (QED) is 0.432. The highest BCUT2D eigenvalue weighted by molar-refractivity contribution is 14.0. The largest absolute Gasteiger partial charge is 0.355 e. The molecule has 0 aliphatic heterocycles.